The zero-order valence-corrected chi connectivity index (χ0v) is 13.0. The molecule has 1 N–H and O–H groups in total. The summed E-state index contributed by atoms with van der Waals surface area (Å²) in [5, 5.41) is 3.78. The predicted molar refractivity (Wildman–Crippen MR) is 76.8 cm³/mol. The Labute approximate surface area is 121 Å². The minimum atomic E-state index is -0.516. The highest BCUT2D eigenvalue weighted by atomic mass is 79.9. The van der Waals surface area contributed by atoms with Crippen LogP contribution in [0, 0.1) is 0 Å². The topological polar surface area (TPSA) is 38.3 Å². The molecule has 1 atom stereocenters. The number of nitrogens with one attached hydrogen (secondary N) is 1. The van der Waals surface area contributed by atoms with E-state index in [2.05, 4.69) is 21.2 Å². The number of esters is 1. The molecule has 0 fully saturated rings. The van der Waals surface area contributed by atoms with Crippen LogP contribution in [0.3, 0.4) is 0 Å². The molecule has 100 valence electrons. The van der Waals surface area contributed by atoms with Crippen molar-refractivity contribution in [3.05, 3.63) is 33.3 Å². The van der Waals surface area contributed by atoms with Crippen LogP contribution in [0.15, 0.2) is 22.7 Å². The van der Waals surface area contributed by atoms with Crippen LogP contribution < -0.4 is 5.32 Å². The summed E-state index contributed by atoms with van der Waals surface area (Å²) in [6.07, 6.45) is 0. The molecule has 0 aliphatic heterocycles. The van der Waals surface area contributed by atoms with Gasteiger partial charge in [0.15, 0.2) is 0 Å². The Balaban J connectivity index is 3.08. The molecule has 0 saturated carbocycles. The van der Waals surface area contributed by atoms with E-state index in [0.29, 0.717) is 11.6 Å². The van der Waals surface area contributed by atoms with E-state index in [0.717, 1.165) is 10.0 Å². The van der Waals surface area contributed by atoms with Crippen LogP contribution in [0.4, 0.5) is 0 Å². The molecule has 1 aromatic rings. The fourth-order valence-corrected chi connectivity index (χ4v) is 2.24. The third-order valence-electron chi connectivity index (χ3n) is 2.29. The molecule has 0 saturated heterocycles. The molecule has 0 aliphatic carbocycles. The van der Waals surface area contributed by atoms with Gasteiger partial charge in [-0.2, -0.15) is 0 Å². The van der Waals surface area contributed by atoms with Gasteiger partial charge in [0.1, 0.15) is 6.04 Å². The molecule has 0 bridgehead atoms. The molecule has 18 heavy (non-hydrogen) atoms. The molecule has 0 amide bonds. The second-order valence-corrected chi connectivity index (χ2v) is 5.46. The lowest BCUT2D eigenvalue weighted by Crippen LogP contribution is -2.35. The summed E-state index contributed by atoms with van der Waals surface area (Å²) in [6.45, 7) is 6.10. The van der Waals surface area contributed by atoms with Crippen LogP contribution >= 0.6 is 27.5 Å². The van der Waals surface area contributed by atoms with Gasteiger partial charge in [-0.3, -0.25) is 5.32 Å². The van der Waals surface area contributed by atoms with Crippen molar-refractivity contribution in [1.82, 2.24) is 5.32 Å². The maximum absolute atomic E-state index is 12.0. The van der Waals surface area contributed by atoms with Crippen molar-refractivity contribution in [2.45, 2.75) is 32.9 Å². The number of benzene rings is 1. The molecule has 5 heteroatoms. The number of hydrogen-bond donors (Lipinski definition) is 1. The van der Waals surface area contributed by atoms with Gasteiger partial charge in [0.2, 0.25) is 0 Å². The largest absolute Gasteiger partial charge is 0.465 e. The second-order valence-electron chi connectivity index (χ2n) is 4.17. The van der Waals surface area contributed by atoms with Gasteiger partial charge in [-0.25, -0.2) is 4.79 Å². The van der Waals surface area contributed by atoms with Crippen molar-refractivity contribution in [2.75, 3.05) is 6.61 Å². The molecule has 1 unspecified atom stereocenters. The number of rotatable bonds is 5. The van der Waals surface area contributed by atoms with E-state index in [1.807, 2.05) is 19.9 Å². The summed E-state index contributed by atoms with van der Waals surface area (Å²) >= 11 is 9.41. The van der Waals surface area contributed by atoms with Gasteiger partial charge in [0.05, 0.1) is 6.61 Å². The Morgan fingerprint density at radius 2 is 2.17 bits per heavy atom. The van der Waals surface area contributed by atoms with Gasteiger partial charge in [-0.15, -0.1) is 0 Å². The van der Waals surface area contributed by atoms with Crippen LogP contribution in [-0.4, -0.2) is 18.6 Å². The first kappa shape index (κ1) is 15.5. The molecule has 0 aromatic heterocycles. The van der Waals surface area contributed by atoms with Crippen LogP contribution in [0.5, 0.6) is 0 Å². The first-order valence-corrected chi connectivity index (χ1v) is 7.00. The first-order valence-electron chi connectivity index (χ1n) is 5.83. The normalized spacial score (nSPS) is 12.6. The average Bonchev–Trinajstić information content (AvgIpc) is 2.29. The van der Waals surface area contributed by atoms with Crippen LogP contribution in [0.25, 0.3) is 0 Å². The summed E-state index contributed by atoms with van der Waals surface area (Å²) in [7, 11) is 0. The van der Waals surface area contributed by atoms with Crippen molar-refractivity contribution in [3.8, 4) is 0 Å². The van der Waals surface area contributed by atoms with E-state index in [4.69, 9.17) is 16.3 Å². The molecular weight excluding hydrogens is 318 g/mol. The molecule has 0 spiro atoms. The van der Waals surface area contributed by atoms with Crippen molar-refractivity contribution in [1.29, 1.82) is 0 Å². The predicted octanol–water partition coefficient (Wildman–Crippen LogP) is 3.70. The zero-order valence-electron chi connectivity index (χ0n) is 10.7. The number of carbonyl (C=O) groups is 1. The second kappa shape index (κ2) is 7.12. The molecular formula is C13H17BrClNO2. The van der Waals surface area contributed by atoms with Gasteiger partial charge >= 0.3 is 5.97 Å². The number of carbonyl (C=O) groups excluding carboxylic acids is 1. The van der Waals surface area contributed by atoms with Gasteiger partial charge in [-0.05, 0) is 44.5 Å². The summed E-state index contributed by atoms with van der Waals surface area (Å²) in [4.78, 5) is 12.0. The van der Waals surface area contributed by atoms with Crippen molar-refractivity contribution in [3.63, 3.8) is 0 Å². The minimum Gasteiger partial charge on any atom is -0.465 e. The van der Waals surface area contributed by atoms with E-state index < -0.39 is 6.04 Å². The highest BCUT2D eigenvalue weighted by Crippen LogP contribution is 2.28. The quantitative estimate of drug-likeness (QED) is 0.834. The monoisotopic (exact) mass is 333 g/mol. The standard InChI is InChI=1S/C13H17BrClNO2/c1-4-18-13(17)12(16-8(2)3)10-7-9(15)5-6-11(10)14/h5-8,12,16H,4H2,1-3H3. The molecule has 0 aliphatic rings. The molecule has 3 nitrogen and oxygen atoms in total. The van der Waals surface area contributed by atoms with Crippen molar-refractivity contribution in [2.24, 2.45) is 0 Å². The average molecular weight is 335 g/mol. The summed E-state index contributed by atoms with van der Waals surface area (Å²) < 4.78 is 5.92. The fourth-order valence-electron chi connectivity index (χ4n) is 1.58. The Kier molecular flexibility index (Phi) is 6.12. The molecule has 1 aromatic carbocycles. The minimum absolute atomic E-state index is 0.158. The van der Waals surface area contributed by atoms with Gasteiger partial charge in [0, 0.05) is 15.5 Å². The first-order chi connectivity index (χ1) is 8.45. The van der Waals surface area contributed by atoms with Gasteiger partial charge in [-0.1, -0.05) is 27.5 Å². The number of halogens is 2. The SMILES string of the molecule is CCOC(=O)C(NC(C)C)c1cc(Cl)ccc1Br. The smallest absolute Gasteiger partial charge is 0.327 e. The number of ether oxygens (including phenoxy) is 1. The van der Waals surface area contributed by atoms with Crippen LogP contribution in [0.2, 0.25) is 5.02 Å². The Morgan fingerprint density at radius 1 is 1.50 bits per heavy atom. The lowest BCUT2D eigenvalue weighted by atomic mass is 10.1. The van der Waals surface area contributed by atoms with Gasteiger partial charge in [0.25, 0.3) is 0 Å². The van der Waals surface area contributed by atoms with E-state index in [9.17, 15) is 4.79 Å². The lowest BCUT2D eigenvalue weighted by molar-refractivity contribution is -0.146. The van der Waals surface area contributed by atoms with Crippen LogP contribution in [-0.2, 0) is 9.53 Å². The Morgan fingerprint density at radius 3 is 2.72 bits per heavy atom. The number of hydrogen-bond acceptors (Lipinski definition) is 3. The highest BCUT2D eigenvalue weighted by molar-refractivity contribution is 9.10. The summed E-state index contributed by atoms with van der Waals surface area (Å²) in [5.74, 6) is -0.297. The van der Waals surface area contributed by atoms with E-state index >= 15 is 0 Å². The Hall–Kier alpha value is -0.580. The van der Waals surface area contributed by atoms with Crippen molar-refractivity contribution < 1.29 is 9.53 Å². The molecule has 0 heterocycles. The van der Waals surface area contributed by atoms with E-state index in [1.54, 1.807) is 19.1 Å². The summed E-state index contributed by atoms with van der Waals surface area (Å²) in [5.41, 5.74) is 0.787. The third-order valence-corrected chi connectivity index (χ3v) is 3.25. The van der Waals surface area contributed by atoms with Gasteiger partial charge < -0.3 is 4.74 Å². The lowest BCUT2D eigenvalue weighted by Gasteiger charge is -2.21. The van der Waals surface area contributed by atoms with E-state index in [-0.39, 0.29) is 12.0 Å². The highest BCUT2D eigenvalue weighted by Gasteiger charge is 2.24. The van der Waals surface area contributed by atoms with Crippen molar-refractivity contribution >= 4 is 33.5 Å². The third kappa shape index (κ3) is 4.26. The molecule has 0 radical (unpaired) electrons. The maximum atomic E-state index is 12.0. The summed E-state index contributed by atoms with van der Waals surface area (Å²) in [6, 6.07) is 5.00. The molecule has 1 rings (SSSR count). The fraction of sp³-hybridized carbons (Fsp3) is 0.462. The zero-order chi connectivity index (χ0) is 13.7. The maximum Gasteiger partial charge on any atom is 0.327 e. The van der Waals surface area contributed by atoms with Crippen LogP contribution in [0.1, 0.15) is 32.4 Å². The van der Waals surface area contributed by atoms with E-state index in [1.165, 1.54) is 0 Å². The Bertz CT molecular complexity index is 423.